The number of ether oxygens (including phenoxy) is 1. The second-order valence-electron chi connectivity index (χ2n) is 6.01. The van der Waals surface area contributed by atoms with Gasteiger partial charge in [0.2, 0.25) is 0 Å². The summed E-state index contributed by atoms with van der Waals surface area (Å²) in [4.78, 5) is 18.4. The molecule has 1 fully saturated rings. The van der Waals surface area contributed by atoms with Gasteiger partial charge in [-0.1, -0.05) is 13.8 Å². The number of anilines is 1. The maximum Gasteiger partial charge on any atom is 0.319 e. The van der Waals surface area contributed by atoms with E-state index in [1.165, 1.54) is 0 Å². The molecule has 0 aliphatic carbocycles. The molecule has 1 aromatic heterocycles. The zero-order chi connectivity index (χ0) is 15.8. The lowest BCUT2D eigenvalue weighted by atomic mass is 10.0. The van der Waals surface area contributed by atoms with Gasteiger partial charge in [0.15, 0.2) is 0 Å². The van der Waals surface area contributed by atoms with Crippen LogP contribution in [0.4, 0.5) is 10.5 Å². The van der Waals surface area contributed by atoms with Gasteiger partial charge in [0, 0.05) is 31.9 Å². The number of pyridine rings is 1. The van der Waals surface area contributed by atoms with Crippen LogP contribution in [0.2, 0.25) is 0 Å². The number of rotatable bonds is 6. The van der Waals surface area contributed by atoms with Crippen LogP contribution in [0, 0.1) is 5.92 Å². The highest BCUT2D eigenvalue weighted by atomic mass is 16.5. The van der Waals surface area contributed by atoms with Gasteiger partial charge in [-0.2, -0.15) is 0 Å². The third kappa shape index (κ3) is 5.61. The summed E-state index contributed by atoms with van der Waals surface area (Å²) in [5.74, 6) is 0.594. The molecule has 1 aliphatic rings. The molecule has 6 nitrogen and oxygen atoms in total. The van der Waals surface area contributed by atoms with E-state index in [1.54, 1.807) is 18.5 Å². The summed E-state index contributed by atoms with van der Waals surface area (Å²) in [7, 11) is 0. The van der Waals surface area contributed by atoms with Crippen LogP contribution >= 0.6 is 0 Å². The molecule has 2 rings (SSSR count). The average molecular weight is 306 g/mol. The summed E-state index contributed by atoms with van der Waals surface area (Å²) in [5.41, 5.74) is 0.701. The van der Waals surface area contributed by atoms with Crippen LogP contribution in [0.5, 0.6) is 0 Å². The summed E-state index contributed by atoms with van der Waals surface area (Å²) in [5, 5.41) is 5.77. The Labute approximate surface area is 132 Å². The topological polar surface area (TPSA) is 66.5 Å². The predicted octanol–water partition coefficient (Wildman–Crippen LogP) is 1.95. The molecule has 0 saturated carbocycles. The first-order valence-electron chi connectivity index (χ1n) is 7.92. The third-order valence-electron chi connectivity index (χ3n) is 3.72. The van der Waals surface area contributed by atoms with Gasteiger partial charge < -0.3 is 15.4 Å². The summed E-state index contributed by atoms with van der Waals surface area (Å²) in [6.07, 6.45) is 4.38. The van der Waals surface area contributed by atoms with E-state index in [9.17, 15) is 4.79 Å². The van der Waals surface area contributed by atoms with Crippen molar-refractivity contribution < 1.29 is 9.53 Å². The van der Waals surface area contributed by atoms with Crippen LogP contribution in [-0.2, 0) is 4.74 Å². The predicted molar refractivity (Wildman–Crippen MR) is 86.9 cm³/mol. The molecule has 1 unspecified atom stereocenters. The fourth-order valence-corrected chi connectivity index (χ4v) is 2.67. The average Bonchev–Trinajstić information content (AvgIpc) is 2.53. The van der Waals surface area contributed by atoms with Crippen LogP contribution in [0.15, 0.2) is 24.5 Å². The van der Waals surface area contributed by atoms with Crippen molar-refractivity contribution in [3.63, 3.8) is 0 Å². The van der Waals surface area contributed by atoms with Gasteiger partial charge in [0.1, 0.15) is 0 Å². The fraction of sp³-hybridized carbons (Fsp3) is 0.625. The van der Waals surface area contributed by atoms with Crippen molar-refractivity contribution in [1.82, 2.24) is 15.2 Å². The molecule has 1 aromatic rings. The highest BCUT2D eigenvalue weighted by Crippen LogP contribution is 2.13. The van der Waals surface area contributed by atoms with Crippen molar-refractivity contribution in [2.75, 3.05) is 38.2 Å². The number of hydrogen-bond donors (Lipinski definition) is 2. The smallest absolute Gasteiger partial charge is 0.319 e. The van der Waals surface area contributed by atoms with E-state index in [0.717, 1.165) is 32.7 Å². The minimum Gasteiger partial charge on any atom is -0.379 e. The Bertz CT molecular complexity index is 447. The van der Waals surface area contributed by atoms with Gasteiger partial charge in [-0.3, -0.25) is 9.88 Å². The minimum absolute atomic E-state index is 0.185. The summed E-state index contributed by atoms with van der Waals surface area (Å²) < 4.78 is 5.41. The molecular weight excluding hydrogens is 280 g/mol. The van der Waals surface area contributed by atoms with Gasteiger partial charge in [-0.25, -0.2) is 4.79 Å². The first kappa shape index (κ1) is 16.7. The Morgan fingerprint density at radius 1 is 1.41 bits per heavy atom. The molecule has 1 atom stereocenters. The molecule has 0 aromatic carbocycles. The molecule has 1 saturated heterocycles. The summed E-state index contributed by atoms with van der Waals surface area (Å²) >= 11 is 0. The zero-order valence-corrected chi connectivity index (χ0v) is 13.4. The highest BCUT2D eigenvalue weighted by molar-refractivity contribution is 5.88. The Hall–Kier alpha value is -1.66. The van der Waals surface area contributed by atoms with E-state index in [0.29, 0.717) is 24.2 Å². The number of nitrogens with one attached hydrogen (secondary N) is 2. The Morgan fingerprint density at radius 3 is 2.82 bits per heavy atom. The van der Waals surface area contributed by atoms with E-state index in [1.807, 2.05) is 6.07 Å². The fourth-order valence-electron chi connectivity index (χ4n) is 2.67. The maximum atomic E-state index is 12.0. The molecule has 6 heteroatoms. The molecule has 0 bridgehead atoms. The first-order valence-corrected chi connectivity index (χ1v) is 7.92. The van der Waals surface area contributed by atoms with Crippen molar-refractivity contribution in [2.45, 2.75) is 26.3 Å². The summed E-state index contributed by atoms with van der Waals surface area (Å²) in [6, 6.07) is 3.78. The number of carbonyl (C=O) groups excluding carboxylic acids is 1. The van der Waals surface area contributed by atoms with Crippen molar-refractivity contribution in [1.29, 1.82) is 0 Å². The second kappa shape index (κ2) is 8.70. The van der Waals surface area contributed by atoms with Crippen molar-refractivity contribution in [3.8, 4) is 0 Å². The lowest BCUT2D eigenvalue weighted by Crippen LogP contribution is -2.49. The molecule has 0 spiro atoms. The van der Waals surface area contributed by atoms with Crippen molar-refractivity contribution >= 4 is 11.7 Å². The molecular formula is C16H26N4O2. The molecule has 0 radical (unpaired) electrons. The van der Waals surface area contributed by atoms with Crippen molar-refractivity contribution in [3.05, 3.63) is 24.5 Å². The minimum atomic E-state index is -0.185. The van der Waals surface area contributed by atoms with Crippen LogP contribution in [0.25, 0.3) is 0 Å². The highest BCUT2D eigenvalue weighted by Gasteiger charge is 2.22. The molecule has 2 N–H and O–H groups in total. The van der Waals surface area contributed by atoms with E-state index < -0.39 is 0 Å². The summed E-state index contributed by atoms with van der Waals surface area (Å²) in [6.45, 7) is 8.48. The van der Waals surface area contributed by atoms with E-state index in [-0.39, 0.29) is 6.03 Å². The van der Waals surface area contributed by atoms with Crippen LogP contribution in [0.3, 0.4) is 0 Å². The lowest BCUT2D eigenvalue weighted by molar-refractivity contribution is 0.0130. The maximum absolute atomic E-state index is 12.0. The number of carbonyl (C=O) groups is 1. The van der Waals surface area contributed by atoms with Crippen LogP contribution in [-0.4, -0.2) is 54.8 Å². The SMILES string of the molecule is CC(C)CC(CNC(=O)Nc1cccnc1)N1CCOCC1. The normalized spacial score (nSPS) is 17.2. The molecule has 122 valence electrons. The third-order valence-corrected chi connectivity index (χ3v) is 3.72. The van der Waals surface area contributed by atoms with Crippen LogP contribution in [0.1, 0.15) is 20.3 Å². The van der Waals surface area contributed by atoms with E-state index in [4.69, 9.17) is 4.74 Å². The number of nitrogens with zero attached hydrogens (tertiary/aromatic N) is 2. The zero-order valence-electron chi connectivity index (χ0n) is 13.4. The van der Waals surface area contributed by atoms with Gasteiger partial charge >= 0.3 is 6.03 Å². The number of urea groups is 1. The lowest BCUT2D eigenvalue weighted by Gasteiger charge is -2.35. The van der Waals surface area contributed by atoms with E-state index >= 15 is 0 Å². The van der Waals surface area contributed by atoms with Gasteiger partial charge in [0.25, 0.3) is 0 Å². The van der Waals surface area contributed by atoms with Gasteiger partial charge in [-0.05, 0) is 24.5 Å². The van der Waals surface area contributed by atoms with E-state index in [2.05, 4.69) is 34.4 Å². The first-order chi connectivity index (χ1) is 10.6. The largest absolute Gasteiger partial charge is 0.379 e. The quantitative estimate of drug-likeness (QED) is 0.843. The molecule has 22 heavy (non-hydrogen) atoms. The number of hydrogen-bond acceptors (Lipinski definition) is 4. The van der Waals surface area contributed by atoms with Gasteiger partial charge in [-0.15, -0.1) is 0 Å². The molecule has 2 heterocycles. The number of morpholine rings is 1. The second-order valence-corrected chi connectivity index (χ2v) is 6.01. The monoisotopic (exact) mass is 306 g/mol. The Morgan fingerprint density at radius 2 is 2.18 bits per heavy atom. The standard InChI is InChI=1S/C16H26N4O2/c1-13(2)10-15(20-6-8-22-9-7-20)12-18-16(21)19-14-4-3-5-17-11-14/h3-5,11,13,15H,6-10,12H2,1-2H3,(H2,18,19,21). The van der Waals surface area contributed by atoms with Gasteiger partial charge in [0.05, 0.1) is 25.1 Å². The van der Waals surface area contributed by atoms with Crippen molar-refractivity contribution in [2.24, 2.45) is 5.92 Å². The number of aromatic nitrogens is 1. The number of amides is 2. The Kier molecular flexibility index (Phi) is 6.61. The molecule has 2 amide bonds. The Balaban J connectivity index is 1.83. The molecule has 1 aliphatic heterocycles. The van der Waals surface area contributed by atoms with Crippen LogP contribution < -0.4 is 10.6 Å².